The predicted octanol–water partition coefficient (Wildman–Crippen LogP) is 2.06. The fourth-order valence-corrected chi connectivity index (χ4v) is 1.93. The smallest absolute Gasteiger partial charge is 0.408 e. The highest BCUT2D eigenvalue weighted by Crippen LogP contribution is 2.10. The molecule has 7 heteroatoms. The molecule has 22 heavy (non-hydrogen) atoms. The van der Waals surface area contributed by atoms with E-state index < -0.39 is 23.7 Å². The second-order valence-corrected chi connectivity index (χ2v) is 5.96. The summed E-state index contributed by atoms with van der Waals surface area (Å²) in [6.07, 6.45) is 1.35. The van der Waals surface area contributed by atoms with Crippen LogP contribution in [0.25, 0.3) is 0 Å². The summed E-state index contributed by atoms with van der Waals surface area (Å²) in [7, 11) is 0. The summed E-state index contributed by atoms with van der Waals surface area (Å²) in [6.45, 7) is 6.52. The molecular weight excluding hydrogens is 288 g/mol. The van der Waals surface area contributed by atoms with E-state index in [1.807, 2.05) is 0 Å². The van der Waals surface area contributed by atoms with Crippen molar-refractivity contribution in [1.29, 1.82) is 0 Å². The average molecular weight is 310 g/mol. The van der Waals surface area contributed by atoms with Crippen molar-refractivity contribution in [3.05, 3.63) is 24.0 Å². The molecule has 0 aliphatic rings. The van der Waals surface area contributed by atoms with Gasteiger partial charge in [-0.1, -0.05) is 0 Å². The molecule has 0 aliphatic carbocycles. The van der Waals surface area contributed by atoms with Crippen LogP contribution in [0.1, 0.15) is 44.6 Å². The minimum absolute atomic E-state index is 0.146. The number of carbonyl (C=O) groups is 3. The Bertz CT molecular complexity index is 557. The first-order valence-corrected chi connectivity index (χ1v) is 6.99. The molecule has 1 atom stereocenters. The van der Waals surface area contributed by atoms with Crippen LogP contribution < -0.4 is 5.32 Å². The van der Waals surface area contributed by atoms with Crippen LogP contribution in [-0.4, -0.2) is 39.3 Å². The third-order valence-corrected chi connectivity index (χ3v) is 2.85. The molecule has 0 radical (unpaired) electrons. The second-order valence-electron chi connectivity index (χ2n) is 5.96. The highest BCUT2D eigenvalue weighted by atomic mass is 16.6. The molecule has 0 saturated heterocycles. The summed E-state index contributed by atoms with van der Waals surface area (Å²) in [4.78, 5) is 34.3. The van der Waals surface area contributed by atoms with Gasteiger partial charge in [-0.3, -0.25) is 9.36 Å². The summed E-state index contributed by atoms with van der Waals surface area (Å²) >= 11 is 0. The molecule has 0 fully saturated rings. The zero-order chi connectivity index (χ0) is 16.9. The first-order valence-electron chi connectivity index (χ1n) is 6.99. The fourth-order valence-electron chi connectivity index (χ4n) is 1.93. The first kappa shape index (κ1) is 17.7. The van der Waals surface area contributed by atoms with Crippen molar-refractivity contribution in [3.63, 3.8) is 0 Å². The van der Waals surface area contributed by atoms with Crippen molar-refractivity contribution in [2.45, 2.75) is 52.2 Å². The van der Waals surface area contributed by atoms with Gasteiger partial charge >= 0.3 is 12.1 Å². The van der Waals surface area contributed by atoms with Crippen LogP contribution in [0, 0.1) is 0 Å². The number of rotatable bonds is 5. The number of carboxylic acid groups (broad SMARTS) is 1. The van der Waals surface area contributed by atoms with E-state index in [0.29, 0.717) is 12.1 Å². The molecule has 0 aromatic carbocycles. The Balaban J connectivity index is 2.65. The van der Waals surface area contributed by atoms with Crippen molar-refractivity contribution < 1.29 is 24.2 Å². The predicted molar refractivity (Wildman–Crippen MR) is 79.8 cm³/mol. The Labute approximate surface area is 129 Å². The maximum atomic E-state index is 11.7. The van der Waals surface area contributed by atoms with Gasteiger partial charge < -0.3 is 15.2 Å². The quantitative estimate of drug-likeness (QED) is 0.867. The number of hydrogen-bond donors (Lipinski definition) is 2. The van der Waals surface area contributed by atoms with E-state index in [9.17, 15) is 19.5 Å². The molecule has 1 rings (SSSR count). The summed E-state index contributed by atoms with van der Waals surface area (Å²) < 4.78 is 6.50. The van der Waals surface area contributed by atoms with Crippen LogP contribution >= 0.6 is 0 Å². The third-order valence-electron chi connectivity index (χ3n) is 2.85. The van der Waals surface area contributed by atoms with Crippen LogP contribution in [0.3, 0.4) is 0 Å². The van der Waals surface area contributed by atoms with Crippen molar-refractivity contribution in [2.75, 3.05) is 0 Å². The summed E-state index contributed by atoms with van der Waals surface area (Å²) in [5.41, 5.74) is 0.000882. The summed E-state index contributed by atoms with van der Waals surface area (Å²) in [5, 5.41) is 11.5. The number of aliphatic carboxylic acids is 1. The minimum Gasteiger partial charge on any atom is -0.480 e. The van der Waals surface area contributed by atoms with Gasteiger partial charge in [-0.15, -0.1) is 0 Å². The number of carbonyl (C=O) groups excluding carboxylic acids is 2. The fraction of sp³-hybridized carbons (Fsp3) is 0.533. The first-order chi connectivity index (χ1) is 10.1. The molecule has 0 saturated carbocycles. The Kier molecular flexibility index (Phi) is 5.73. The van der Waals surface area contributed by atoms with E-state index in [-0.39, 0.29) is 12.3 Å². The van der Waals surface area contributed by atoms with Crippen molar-refractivity contribution in [3.8, 4) is 0 Å². The molecule has 2 N–H and O–H groups in total. The minimum atomic E-state index is -1.15. The number of amides is 1. The second kappa shape index (κ2) is 7.11. The molecular formula is C15H22N2O5. The van der Waals surface area contributed by atoms with E-state index in [1.54, 1.807) is 39.1 Å². The average Bonchev–Trinajstić information content (AvgIpc) is 2.80. The maximum absolute atomic E-state index is 11.7. The lowest BCUT2D eigenvalue weighted by atomic mass is 10.1. The van der Waals surface area contributed by atoms with Gasteiger partial charge in [0.2, 0.25) is 5.91 Å². The standard InChI is InChI=1S/C15H22N2O5/c1-10(18)17-9-5-6-11(17)7-8-12(13(19)20)16-14(21)22-15(2,3)4/h5-6,9,12H,7-8H2,1-4H3,(H,16,21)(H,19,20)/t12-/m1/s1. The van der Waals surface area contributed by atoms with Gasteiger partial charge in [0.05, 0.1) is 0 Å². The topological polar surface area (TPSA) is 97.6 Å². The summed E-state index contributed by atoms with van der Waals surface area (Å²) in [6, 6.07) is 2.38. The zero-order valence-corrected chi connectivity index (χ0v) is 13.3. The molecule has 122 valence electrons. The normalized spacial score (nSPS) is 12.5. The van der Waals surface area contributed by atoms with E-state index in [4.69, 9.17) is 4.74 Å². The van der Waals surface area contributed by atoms with Crippen LogP contribution in [0.2, 0.25) is 0 Å². The number of hydrogen-bond acceptors (Lipinski definition) is 4. The number of nitrogens with zero attached hydrogens (tertiary/aromatic N) is 1. The Morgan fingerprint density at radius 3 is 2.50 bits per heavy atom. The largest absolute Gasteiger partial charge is 0.480 e. The van der Waals surface area contributed by atoms with Crippen LogP contribution in [0.5, 0.6) is 0 Å². The van der Waals surface area contributed by atoms with Crippen molar-refractivity contribution >= 4 is 18.0 Å². The third kappa shape index (κ3) is 5.59. The van der Waals surface area contributed by atoms with Crippen LogP contribution in [0.15, 0.2) is 18.3 Å². The van der Waals surface area contributed by atoms with Crippen molar-refractivity contribution in [2.24, 2.45) is 0 Å². The number of aromatic nitrogens is 1. The zero-order valence-electron chi connectivity index (χ0n) is 13.3. The lowest BCUT2D eigenvalue weighted by Gasteiger charge is -2.22. The Morgan fingerprint density at radius 1 is 1.36 bits per heavy atom. The molecule has 1 aromatic rings. The number of ether oxygens (including phenoxy) is 1. The van der Waals surface area contributed by atoms with Gasteiger partial charge in [0, 0.05) is 18.8 Å². The Morgan fingerprint density at radius 2 is 2.00 bits per heavy atom. The van der Waals surface area contributed by atoms with Gasteiger partial charge in [-0.2, -0.15) is 0 Å². The summed E-state index contributed by atoms with van der Waals surface area (Å²) in [5.74, 6) is -1.29. The van der Waals surface area contributed by atoms with Crippen LogP contribution in [0.4, 0.5) is 4.79 Å². The molecule has 0 spiro atoms. The van der Waals surface area contributed by atoms with Gasteiger partial charge in [-0.05, 0) is 45.7 Å². The van der Waals surface area contributed by atoms with E-state index >= 15 is 0 Å². The number of nitrogens with one attached hydrogen (secondary N) is 1. The van der Waals surface area contributed by atoms with Crippen molar-refractivity contribution in [1.82, 2.24) is 9.88 Å². The maximum Gasteiger partial charge on any atom is 0.408 e. The molecule has 0 unspecified atom stereocenters. The molecule has 1 amide bonds. The number of alkyl carbamates (subject to hydrolysis) is 1. The Hall–Kier alpha value is -2.31. The van der Waals surface area contributed by atoms with E-state index in [0.717, 1.165) is 0 Å². The van der Waals surface area contributed by atoms with Gasteiger partial charge in [0.15, 0.2) is 0 Å². The van der Waals surface area contributed by atoms with E-state index in [2.05, 4.69) is 5.32 Å². The van der Waals surface area contributed by atoms with Gasteiger partial charge in [-0.25, -0.2) is 9.59 Å². The number of carboxylic acids is 1. The SMILES string of the molecule is CC(=O)n1cccc1CC[C@@H](NC(=O)OC(C)(C)C)C(=O)O. The molecule has 7 nitrogen and oxygen atoms in total. The molecule has 0 bridgehead atoms. The molecule has 0 aliphatic heterocycles. The van der Waals surface area contributed by atoms with Gasteiger partial charge in [0.25, 0.3) is 0 Å². The molecule has 1 aromatic heterocycles. The lowest BCUT2D eigenvalue weighted by Crippen LogP contribution is -2.43. The highest BCUT2D eigenvalue weighted by Gasteiger charge is 2.24. The van der Waals surface area contributed by atoms with Gasteiger partial charge in [0.1, 0.15) is 11.6 Å². The lowest BCUT2D eigenvalue weighted by molar-refractivity contribution is -0.139. The highest BCUT2D eigenvalue weighted by molar-refractivity contribution is 5.80. The monoisotopic (exact) mass is 310 g/mol. The number of aryl methyl sites for hydroxylation is 1. The van der Waals surface area contributed by atoms with Crippen LogP contribution in [-0.2, 0) is 16.0 Å². The molecule has 1 heterocycles. The van der Waals surface area contributed by atoms with E-state index in [1.165, 1.54) is 11.5 Å².